The molecule has 1 aliphatic rings. The molecule has 1 aliphatic heterocycles. The van der Waals surface area contributed by atoms with Crippen LogP contribution in [0.2, 0.25) is 15.1 Å². The Morgan fingerprint density at radius 1 is 0.962 bits per heavy atom. The molecule has 0 bridgehead atoms. The molecule has 26 heavy (non-hydrogen) atoms. The minimum atomic E-state index is -0.445. The number of nitrogens with zero attached hydrogens (tertiary/aromatic N) is 2. The summed E-state index contributed by atoms with van der Waals surface area (Å²) < 4.78 is 13.2. The van der Waals surface area contributed by atoms with E-state index in [1.165, 1.54) is 12.1 Å². The topological polar surface area (TPSA) is 18.5 Å². The first-order valence-corrected chi connectivity index (χ1v) is 9.64. The highest BCUT2D eigenvalue weighted by Gasteiger charge is 2.19. The molecule has 0 radical (unpaired) electrons. The number of benzene rings is 2. The van der Waals surface area contributed by atoms with Crippen molar-refractivity contribution in [2.75, 3.05) is 31.5 Å². The van der Waals surface area contributed by atoms with Gasteiger partial charge in [0.05, 0.1) is 15.1 Å². The summed E-state index contributed by atoms with van der Waals surface area (Å²) in [6.45, 7) is 4.20. The summed E-state index contributed by atoms with van der Waals surface area (Å²) in [5.41, 5.74) is 1.81. The lowest BCUT2D eigenvalue weighted by molar-refractivity contribution is 0.177. The van der Waals surface area contributed by atoms with Gasteiger partial charge in [0.15, 0.2) is 5.11 Å². The number of nitrogens with one attached hydrogen (secondary N) is 1. The van der Waals surface area contributed by atoms with Gasteiger partial charge in [-0.1, -0.05) is 40.9 Å². The Bertz CT molecular complexity index is 810. The molecule has 0 spiro atoms. The zero-order valence-corrected chi connectivity index (χ0v) is 16.9. The summed E-state index contributed by atoms with van der Waals surface area (Å²) in [5, 5.41) is 4.94. The number of rotatable bonds is 3. The SMILES string of the molecule is Fc1ccc(NC(=S)N2CCN(Cc3ccc(Cl)c(Cl)c3)CC2)cc1Cl. The van der Waals surface area contributed by atoms with Crippen LogP contribution in [-0.2, 0) is 6.54 Å². The van der Waals surface area contributed by atoms with E-state index in [0.717, 1.165) is 38.3 Å². The van der Waals surface area contributed by atoms with E-state index in [4.69, 9.17) is 47.0 Å². The molecule has 0 amide bonds. The highest BCUT2D eigenvalue weighted by Crippen LogP contribution is 2.24. The van der Waals surface area contributed by atoms with Gasteiger partial charge in [0.25, 0.3) is 0 Å². The van der Waals surface area contributed by atoms with Gasteiger partial charge in [0.2, 0.25) is 0 Å². The molecule has 0 unspecified atom stereocenters. The summed E-state index contributed by atoms with van der Waals surface area (Å²) in [4.78, 5) is 4.44. The molecule has 1 N–H and O–H groups in total. The molecule has 8 heteroatoms. The van der Waals surface area contributed by atoms with Crippen molar-refractivity contribution in [1.29, 1.82) is 0 Å². The van der Waals surface area contributed by atoms with Crippen LogP contribution in [-0.4, -0.2) is 41.1 Å². The Hall–Kier alpha value is -1.11. The van der Waals surface area contributed by atoms with Gasteiger partial charge in [0.1, 0.15) is 5.82 Å². The Labute approximate surface area is 172 Å². The number of thiocarbonyl (C=S) groups is 1. The first-order valence-electron chi connectivity index (χ1n) is 8.09. The second-order valence-electron chi connectivity index (χ2n) is 6.07. The second-order valence-corrected chi connectivity index (χ2v) is 7.68. The molecular formula is C18H17Cl3FN3S. The minimum absolute atomic E-state index is 0.0734. The van der Waals surface area contributed by atoms with E-state index in [0.29, 0.717) is 20.8 Å². The highest BCUT2D eigenvalue weighted by molar-refractivity contribution is 7.80. The van der Waals surface area contributed by atoms with Gasteiger partial charge in [-0.3, -0.25) is 4.90 Å². The fraction of sp³-hybridized carbons (Fsp3) is 0.278. The summed E-state index contributed by atoms with van der Waals surface area (Å²) in [6, 6.07) is 10.2. The van der Waals surface area contributed by atoms with Gasteiger partial charge in [0, 0.05) is 38.4 Å². The molecular weight excluding hydrogens is 416 g/mol. The van der Waals surface area contributed by atoms with E-state index in [2.05, 4.69) is 15.1 Å². The van der Waals surface area contributed by atoms with Gasteiger partial charge < -0.3 is 10.2 Å². The number of piperazine rings is 1. The number of halogens is 4. The Kier molecular flexibility index (Phi) is 6.59. The van der Waals surface area contributed by atoms with Crippen molar-refractivity contribution < 1.29 is 4.39 Å². The standard InChI is InChI=1S/C18H17Cl3FN3S/c19-14-3-1-12(9-15(14)20)11-24-5-7-25(8-6-24)18(26)23-13-2-4-17(22)16(21)10-13/h1-4,9-10H,5-8,11H2,(H,23,26). The number of hydrogen-bond acceptors (Lipinski definition) is 2. The average molecular weight is 433 g/mol. The van der Waals surface area contributed by atoms with Crippen molar-refractivity contribution >= 4 is 57.8 Å². The fourth-order valence-electron chi connectivity index (χ4n) is 2.78. The number of anilines is 1. The highest BCUT2D eigenvalue weighted by atomic mass is 35.5. The van der Waals surface area contributed by atoms with Crippen LogP contribution >= 0.6 is 47.0 Å². The zero-order chi connectivity index (χ0) is 18.7. The van der Waals surface area contributed by atoms with Gasteiger partial charge in [-0.05, 0) is 48.1 Å². The first-order chi connectivity index (χ1) is 12.4. The van der Waals surface area contributed by atoms with E-state index in [9.17, 15) is 4.39 Å². The molecule has 0 aliphatic carbocycles. The lowest BCUT2D eigenvalue weighted by Crippen LogP contribution is -2.49. The van der Waals surface area contributed by atoms with E-state index in [-0.39, 0.29) is 5.02 Å². The van der Waals surface area contributed by atoms with Crippen LogP contribution in [0.25, 0.3) is 0 Å². The average Bonchev–Trinajstić information content (AvgIpc) is 2.62. The molecule has 0 atom stereocenters. The van der Waals surface area contributed by atoms with Crippen LogP contribution < -0.4 is 5.32 Å². The molecule has 1 heterocycles. The summed E-state index contributed by atoms with van der Waals surface area (Å²) >= 11 is 23.3. The normalized spacial score (nSPS) is 15.2. The molecule has 2 aromatic carbocycles. The molecule has 3 nitrogen and oxygen atoms in total. The minimum Gasteiger partial charge on any atom is -0.346 e. The molecule has 1 saturated heterocycles. The van der Waals surface area contributed by atoms with E-state index in [1.807, 2.05) is 18.2 Å². The van der Waals surface area contributed by atoms with Gasteiger partial charge in [-0.15, -0.1) is 0 Å². The quantitative estimate of drug-likeness (QED) is 0.663. The first kappa shape index (κ1) is 19.6. The van der Waals surface area contributed by atoms with Crippen LogP contribution in [0.4, 0.5) is 10.1 Å². The summed E-state index contributed by atoms with van der Waals surface area (Å²) in [7, 11) is 0. The third-order valence-corrected chi connectivity index (χ3v) is 5.61. The predicted molar refractivity (Wildman–Crippen MR) is 111 cm³/mol. The van der Waals surface area contributed by atoms with E-state index < -0.39 is 5.82 Å². The summed E-state index contributed by atoms with van der Waals surface area (Å²) in [5.74, 6) is -0.445. The van der Waals surface area contributed by atoms with Crippen LogP contribution in [0.5, 0.6) is 0 Å². The van der Waals surface area contributed by atoms with Crippen LogP contribution in [0.15, 0.2) is 36.4 Å². The van der Waals surface area contributed by atoms with Crippen molar-refractivity contribution in [3.05, 3.63) is 62.8 Å². The van der Waals surface area contributed by atoms with Gasteiger partial charge in [-0.25, -0.2) is 4.39 Å². The van der Waals surface area contributed by atoms with E-state index in [1.54, 1.807) is 6.07 Å². The lowest BCUT2D eigenvalue weighted by atomic mass is 10.2. The largest absolute Gasteiger partial charge is 0.346 e. The predicted octanol–water partition coefficient (Wildman–Crippen LogP) is 5.30. The van der Waals surface area contributed by atoms with Crippen LogP contribution in [0.1, 0.15) is 5.56 Å². The fourth-order valence-corrected chi connectivity index (χ4v) is 3.58. The Morgan fingerprint density at radius 2 is 1.69 bits per heavy atom. The van der Waals surface area contributed by atoms with Crippen LogP contribution in [0.3, 0.4) is 0 Å². The summed E-state index contributed by atoms with van der Waals surface area (Å²) in [6.07, 6.45) is 0. The molecule has 0 aromatic heterocycles. The van der Waals surface area contributed by atoms with Gasteiger partial charge in [-0.2, -0.15) is 0 Å². The smallest absolute Gasteiger partial charge is 0.173 e. The van der Waals surface area contributed by atoms with Crippen molar-refractivity contribution in [3.63, 3.8) is 0 Å². The van der Waals surface area contributed by atoms with Crippen molar-refractivity contribution in [1.82, 2.24) is 9.80 Å². The molecule has 0 saturated carbocycles. The maximum Gasteiger partial charge on any atom is 0.173 e. The Morgan fingerprint density at radius 3 is 2.35 bits per heavy atom. The van der Waals surface area contributed by atoms with Crippen molar-refractivity contribution in [2.45, 2.75) is 6.54 Å². The van der Waals surface area contributed by atoms with Gasteiger partial charge >= 0.3 is 0 Å². The second kappa shape index (κ2) is 8.72. The monoisotopic (exact) mass is 431 g/mol. The van der Waals surface area contributed by atoms with Crippen molar-refractivity contribution in [2.24, 2.45) is 0 Å². The molecule has 1 fully saturated rings. The lowest BCUT2D eigenvalue weighted by Gasteiger charge is -2.36. The van der Waals surface area contributed by atoms with Crippen LogP contribution in [0, 0.1) is 5.82 Å². The van der Waals surface area contributed by atoms with Crippen molar-refractivity contribution in [3.8, 4) is 0 Å². The Balaban J connectivity index is 1.51. The van der Waals surface area contributed by atoms with E-state index >= 15 is 0 Å². The molecule has 138 valence electrons. The molecule has 2 aromatic rings. The molecule has 3 rings (SSSR count). The maximum atomic E-state index is 13.2. The zero-order valence-electron chi connectivity index (χ0n) is 13.8. The number of hydrogen-bond donors (Lipinski definition) is 1. The third kappa shape index (κ3) is 4.99. The maximum absolute atomic E-state index is 13.2. The third-order valence-electron chi connectivity index (χ3n) is 4.22.